The molecule has 102 valence electrons. The number of hydrogen-bond donors (Lipinski definition) is 1. The summed E-state index contributed by atoms with van der Waals surface area (Å²) in [5.41, 5.74) is 2.51. The van der Waals surface area contributed by atoms with Crippen LogP contribution in [0.1, 0.15) is 25.0 Å². The maximum Gasteiger partial charge on any atom is 0.121 e. The molecule has 0 aliphatic heterocycles. The second-order valence-electron chi connectivity index (χ2n) is 4.51. The predicted molar refractivity (Wildman–Crippen MR) is 77.2 cm³/mol. The number of aryl methyl sites for hydroxylation is 1. The average Bonchev–Trinajstić information content (AvgIpc) is 2.39. The van der Waals surface area contributed by atoms with Crippen molar-refractivity contribution in [2.24, 2.45) is 0 Å². The normalized spacial score (nSPS) is 10.9. The Hall–Kier alpha value is -1.06. The van der Waals surface area contributed by atoms with E-state index in [1.54, 1.807) is 7.11 Å². The Morgan fingerprint density at radius 3 is 2.50 bits per heavy atom. The largest absolute Gasteiger partial charge is 0.496 e. The van der Waals surface area contributed by atoms with Crippen molar-refractivity contribution < 1.29 is 4.74 Å². The van der Waals surface area contributed by atoms with Crippen LogP contribution in [0.2, 0.25) is 0 Å². The first-order chi connectivity index (χ1) is 8.71. The zero-order chi connectivity index (χ0) is 13.4. The summed E-state index contributed by atoms with van der Waals surface area (Å²) in [7, 11) is 1.71. The molecule has 3 heteroatoms. The fourth-order valence-electron chi connectivity index (χ4n) is 2.06. The van der Waals surface area contributed by atoms with E-state index in [1.807, 2.05) is 6.07 Å². The van der Waals surface area contributed by atoms with Crippen LogP contribution in [-0.2, 0) is 6.54 Å². The van der Waals surface area contributed by atoms with Crippen LogP contribution in [0, 0.1) is 6.92 Å². The molecule has 0 fully saturated rings. The van der Waals surface area contributed by atoms with E-state index in [1.165, 1.54) is 11.1 Å². The molecular weight excluding hydrogens is 224 g/mol. The van der Waals surface area contributed by atoms with Gasteiger partial charge in [0.2, 0.25) is 0 Å². The highest BCUT2D eigenvalue weighted by molar-refractivity contribution is 5.36. The highest BCUT2D eigenvalue weighted by atomic mass is 16.5. The van der Waals surface area contributed by atoms with Crippen molar-refractivity contribution in [3.8, 4) is 5.75 Å². The minimum Gasteiger partial charge on any atom is -0.496 e. The SMILES string of the molecule is CCN(CC)CCNCc1ccc(OC)c(C)c1. The molecule has 0 unspecified atom stereocenters. The van der Waals surface area contributed by atoms with Gasteiger partial charge in [-0.15, -0.1) is 0 Å². The van der Waals surface area contributed by atoms with Crippen molar-refractivity contribution in [2.75, 3.05) is 33.3 Å². The zero-order valence-corrected chi connectivity index (χ0v) is 12.1. The van der Waals surface area contributed by atoms with E-state index in [0.29, 0.717) is 0 Å². The van der Waals surface area contributed by atoms with Gasteiger partial charge in [0.25, 0.3) is 0 Å². The Kier molecular flexibility index (Phi) is 6.76. The van der Waals surface area contributed by atoms with E-state index in [4.69, 9.17) is 4.74 Å². The lowest BCUT2D eigenvalue weighted by atomic mass is 10.1. The third kappa shape index (κ3) is 4.67. The molecular formula is C15H26N2O. The maximum atomic E-state index is 5.26. The van der Waals surface area contributed by atoms with Gasteiger partial charge in [0.05, 0.1) is 7.11 Å². The quantitative estimate of drug-likeness (QED) is 0.717. The molecule has 0 aliphatic carbocycles. The van der Waals surface area contributed by atoms with Gasteiger partial charge < -0.3 is 15.0 Å². The summed E-state index contributed by atoms with van der Waals surface area (Å²) in [4.78, 5) is 2.42. The minimum absolute atomic E-state index is 0.923. The van der Waals surface area contributed by atoms with Gasteiger partial charge in [-0.3, -0.25) is 0 Å². The molecule has 1 aromatic carbocycles. The van der Waals surface area contributed by atoms with Crippen LogP contribution in [-0.4, -0.2) is 38.2 Å². The second-order valence-corrected chi connectivity index (χ2v) is 4.51. The summed E-state index contributed by atoms with van der Waals surface area (Å²) in [6.07, 6.45) is 0. The number of nitrogens with one attached hydrogen (secondary N) is 1. The molecule has 1 rings (SSSR count). The molecule has 0 saturated carbocycles. The Morgan fingerprint density at radius 1 is 1.22 bits per heavy atom. The fraction of sp³-hybridized carbons (Fsp3) is 0.600. The van der Waals surface area contributed by atoms with Gasteiger partial charge in [-0.1, -0.05) is 26.0 Å². The number of methoxy groups -OCH3 is 1. The van der Waals surface area contributed by atoms with Crippen LogP contribution >= 0.6 is 0 Å². The molecule has 1 aromatic rings. The number of likely N-dealkylation sites (N-methyl/N-ethyl adjacent to an activating group) is 1. The highest BCUT2D eigenvalue weighted by Gasteiger charge is 2.01. The summed E-state index contributed by atoms with van der Waals surface area (Å²) >= 11 is 0. The smallest absolute Gasteiger partial charge is 0.121 e. The van der Waals surface area contributed by atoms with Gasteiger partial charge in [0.15, 0.2) is 0 Å². The fourth-order valence-corrected chi connectivity index (χ4v) is 2.06. The molecule has 0 spiro atoms. The van der Waals surface area contributed by atoms with Gasteiger partial charge in [-0.05, 0) is 37.2 Å². The summed E-state index contributed by atoms with van der Waals surface area (Å²) in [6.45, 7) is 11.8. The monoisotopic (exact) mass is 250 g/mol. The zero-order valence-electron chi connectivity index (χ0n) is 12.1. The first kappa shape index (κ1) is 15.0. The first-order valence-electron chi connectivity index (χ1n) is 6.77. The highest BCUT2D eigenvalue weighted by Crippen LogP contribution is 2.18. The van der Waals surface area contributed by atoms with Crippen LogP contribution in [0.4, 0.5) is 0 Å². The van der Waals surface area contributed by atoms with Gasteiger partial charge >= 0.3 is 0 Å². The topological polar surface area (TPSA) is 24.5 Å². The molecule has 0 radical (unpaired) electrons. The standard InChI is InChI=1S/C15H26N2O/c1-5-17(6-2)10-9-16-12-14-7-8-15(18-4)13(3)11-14/h7-8,11,16H,5-6,9-10,12H2,1-4H3. The Morgan fingerprint density at radius 2 is 1.94 bits per heavy atom. The average molecular weight is 250 g/mol. The number of hydrogen-bond acceptors (Lipinski definition) is 3. The van der Waals surface area contributed by atoms with Crippen molar-refractivity contribution in [3.05, 3.63) is 29.3 Å². The van der Waals surface area contributed by atoms with Crippen molar-refractivity contribution in [3.63, 3.8) is 0 Å². The molecule has 0 amide bonds. The maximum absolute atomic E-state index is 5.26. The summed E-state index contributed by atoms with van der Waals surface area (Å²) in [5.74, 6) is 0.960. The number of benzene rings is 1. The van der Waals surface area contributed by atoms with Crippen molar-refractivity contribution in [1.82, 2.24) is 10.2 Å². The second kappa shape index (κ2) is 8.11. The van der Waals surface area contributed by atoms with Crippen LogP contribution in [0.5, 0.6) is 5.75 Å². The van der Waals surface area contributed by atoms with Crippen LogP contribution in [0.3, 0.4) is 0 Å². The van der Waals surface area contributed by atoms with E-state index < -0.39 is 0 Å². The Balaban J connectivity index is 2.33. The van der Waals surface area contributed by atoms with Gasteiger partial charge in [0, 0.05) is 19.6 Å². The van der Waals surface area contributed by atoms with Crippen LogP contribution in [0.25, 0.3) is 0 Å². The third-order valence-corrected chi connectivity index (χ3v) is 3.29. The summed E-state index contributed by atoms with van der Waals surface area (Å²) in [5, 5.41) is 3.48. The van der Waals surface area contributed by atoms with E-state index in [9.17, 15) is 0 Å². The van der Waals surface area contributed by atoms with Crippen molar-refractivity contribution in [2.45, 2.75) is 27.3 Å². The number of nitrogens with zero attached hydrogens (tertiary/aromatic N) is 1. The lowest BCUT2D eigenvalue weighted by Crippen LogP contribution is -2.31. The summed E-state index contributed by atoms with van der Waals surface area (Å²) < 4.78 is 5.26. The van der Waals surface area contributed by atoms with Crippen molar-refractivity contribution in [1.29, 1.82) is 0 Å². The van der Waals surface area contributed by atoms with Crippen LogP contribution in [0.15, 0.2) is 18.2 Å². The van der Waals surface area contributed by atoms with Crippen molar-refractivity contribution >= 4 is 0 Å². The molecule has 0 aromatic heterocycles. The van der Waals surface area contributed by atoms with E-state index in [-0.39, 0.29) is 0 Å². The Labute approximate surface area is 111 Å². The minimum atomic E-state index is 0.923. The molecule has 0 atom stereocenters. The lowest BCUT2D eigenvalue weighted by Gasteiger charge is -2.18. The number of rotatable bonds is 8. The molecule has 0 saturated heterocycles. The van der Waals surface area contributed by atoms with E-state index >= 15 is 0 Å². The summed E-state index contributed by atoms with van der Waals surface area (Å²) in [6, 6.07) is 6.34. The third-order valence-electron chi connectivity index (χ3n) is 3.29. The van der Waals surface area contributed by atoms with Gasteiger partial charge in [-0.2, -0.15) is 0 Å². The Bertz CT molecular complexity index is 348. The molecule has 0 heterocycles. The van der Waals surface area contributed by atoms with Gasteiger partial charge in [-0.25, -0.2) is 0 Å². The molecule has 18 heavy (non-hydrogen) atoms. The van der Waals surface area contributed by atoms with E-state index in [2.05, 4.69) is 43.1 Å². The number of ether oxygens (including phenoxy) is 1. The molecule has 0 bridgehead atoms. The van der Waals surface area contributed by atoms with Crippen LogP contribution < -0.4 is 10.1 Å². The predicted octanol–water partition coefficient (Wildman–Crippen LogP) is 2.44. The lowest BCUT2D eigenvalue weighted by molar-refractivity contribution is 0.302. The first-order valence-corrected chi connectivity index (χ1v) is 6.77. The molecule has 3 nitrogen and oxygen atoms in total. The molecule has 1 N–H and O–H groups in total. The van der Waals surface area contributed by atoms with E-state index in [0.717, 1.165) is 38.5 Å². The molecule has 0 aliphatic rings. The van der Waals surface area contributed by atoms with Gasteiger partial charge in [0.1, 0.15) is 5.75 Å².